The highest BCUT2D eigenvalue weighted by atomic mass is 16.6. The number of nitrogens with zero attached hydrogens (tertiary/aromatic N) is 1. The number of benzene rings is 1. The van der Waals surface area contributed by atoms with Gasteiger partial charge in [-0.1, -0.05) is 17.7 Å². The van der Waals surface area contributed by atoms with Gasteiger partial charge in [0.15, 0.2) is 6.61 Å². The van der Waals surface area contributed by atoms with Gasteiger partial charge in [0.25, 0.3) is 5.91 Å². The Balaban J connectivity index is 1.73. The molecular formula is C17H22N2O6. The van der Waals surface area contributed by atoms with Crippen molar-refractivity contribution in [3.63, 3.8) is 0 Å². The first kappa shape index (κ1) is 18.7. The molecule has 25 heavy (non-hydrogen) atoms. The number of hydrogen-bond acceptors (Lipinski definition) is 6. The first-order chi connectivity index (χ1) is 11.7. The average molecular weight is 350 g/mol. The van der Waals surface area contributed by atoms with Gasteiger partial charge in [-0.25, -0.2) is 9.59 Å². The molecule has 136 valence electrons. The number of amides is 3. The maximum Gasteiger partial charge on any atom is 0.344 e. The van der Waals surface area contributed by atoms with E-state index in [0.717, 1.165) is 10.5 Å². The van der Waals surface area contributed by atoms with E-state index in [1.165, 1.54) is 0 Å². The van der Waals surface area contributed by atoms with Crippen molar-refractivity contribution >= 4 is 17.9 Å². The molecule has 2 rings (SSSR count). The smallest absolute Gasteiger partial charge is 0.344 e. The van der Waals surface area contributed by atoms with Crippen molar-refractivity contribution in [2.45, 2.75) is 32.4 Å². The molecule has 0 aliphatic carbocycles. The largest absolute Gasteiger partial charge is 0.482 e. The van der Waals surface area contributed by atoms with Crippen LogP contribution in [0.1, 0.15) is 19.4 Å². The summed E-state index contributed by atoms with van der Waals surface area (Å²) in [4.78, 5) is 36.3. The Kier molecular flexibility index (Phi) is 5.63. The molecule has 1 aliphatic heterocycles. The van der Waals surface area contributed by atoms with Crippen LogP contribution in [0.25, 0.3) is 0 Å². The average Bonchev–Trinajstić information content (AvgIpc) is 2.74. The molecule has 0 radical (unpaired) electrons. The highest BCUT2D eigenvalue weighted by Gasteiger charge is 2.44. The maximum atomic E-state index is 12.0. The highest BCUT2D eigenvalue weighted by molar-refractivity contribution is 6.06. The van der Waals surface area contributed by atoms with E-state index in [1.807, 2.05) is 19.1 Å². The summed E-state index contributed by atoms with van der Waals surface area (Å²) >= 11 is 0. The summed E-state index contributed by atoms with van der Waals surface area (Å²) in [6.07, 6.45) is -1.17. The molecule has 0 bridgehead atoms. The van der Waals surface area contributed by atoms with Crippen LogP contribution in [0.2, 0.25) is 0 Å². The maximum absolute atomic E-state index is 12.0. The van der Waals surface area contributed by atoms with Crippen LogP contribution in [0, 0.1) is 6.92 Å². The lowest BCUT2D eigenvalue weighted by Crippen LogP contribution is -2.42. The topological polar surface area (TPSA) is 105 Å². The molecule has 8 heteroatoms. The van der Waals surface area contributed by atoms with Crippen LogP contribution >= 0.6 is 0 Å². The Morgan fingerprint density at radius 2 is 1.92 bits per heavy atom. The van der Waals surface area contributed by atoms with Crippen LogP contribution in [-0.4, -0.2) is 59.3 Å². The van der Waals surface area contributed by atoms with E-state index in [1.54, 1.807) is 26.0 Å². The summed E-state index contributed by atoms with van der Waals surface area (Å²) in [5.41, 5.74) is 0.0664. The van der Waals surface area contributed by atoms with E-state index >= 15 is 0 Å². The fourth-order valence-electron chi connectivity index (χ4n) is 2.25. The summed E-state index contributed by atoms with van der Waals surface area (Å²) < 4.78 is 10.2. The van der Waals surface area contributed by atoms with Crippen molar-refractivity contribution in [3.05, 3.63) is 29.8 Å². The van der Waals surface area contributed by atoms with E-state index in [2.05, 4.69) is 5.32 Å². The molecule has 0 aromatic heterocycles. The molecule has 1 saturated heterocycles. The molecule has 1 atom stereocenters. The number of urea groups is 1. The fraction of sp³-hybridized carbons (Fsp3) is 0.471. The summed E-state index contributed by atoms with van der Waals surface area (Å²) in [7, 11) is 0. The summed E-state index contributed by atoms with van der Waals surface area (Å²) in [6.45, 7) is 4.19. The van der Waals surface area contributed by atoms with Crippen LogP contribution in [0.4, 0.5) is 4.79 Å². The Labute approximate surface area is 145 Å². The zero-order valence-corrected chi connectivity index (χ0v) is 14.4. The second-order valence-corrected chi connectivity index (χ2v) is 6.41. The van der Waals surface area contributed by atoms with Crippen LogP contribution < -0.4 is 10.1 Å². The van der Waals surface area contributed by atoms with E-state index in [0.29, 0.717) is 5.75 Å². The number of imide groups is 1. The van der Waals surface area contributed by atoms with Gasteiger partial charge in [-0.15, -0.1) is 0 Å². The van der Waals surface area contributed by atoms with E-state index in [4.69, 9.17) is 9.47 Å². The van der Waals surface area contributed by atoms with Crippen molar-refractivity contribution < 1.29 is 29.0 Å². The second-order valence-electron chi connectivity index (χ2n) is 6.41. The van der Waals surface area contributed by atoms with Crippen LogP contribution in [-0.2, 0) is 14.3 Å². The number of aliphatic hydroxyl groups is 1. The highest BCUT2D eigenvalue weighted by Crippen LogP contribution is 2.16. The predicted octanol–water partition coefficient (Wildman–Crippen LogP) is 0.608. The number of nitrogens with one attached hydrogen (secondary N) is 1. The third-order valence-electron chi connectivity index (χ3n) is 3.65. The molecule has 2 N–H and O–H groups in total. The lowest BCUT2D eigenvalue weighted by atomic mass is 10.1. The van der Waals surface area contributed by atoms with Gasteiger partial charge in [0, 0.05) is 0 Å². The van der Waals surface area contributed by atoms with Crippen molar-refractivity contribution in [2.75, 3.05) is 19.8 Å². The van der Waals surface area contributed by atoms with E-state index in [9.17, 15) is 19.5 Å². The third-order valence-corrected chi connectivity index (χ3v) is 3.65. The van der Waals surface area contributed by atoms with Gasteiger partial charge in [0.1, 0.15) is 24.0 Å². The molecule has 3 amide bonds. The molecule has 0 saturated carbocycles. The first-order valence-corrected chi connectivity index (χ1v) is 7.86. The van der Waals surface area contributed by atoms with Crippen LogP contribution in [0.15, 0.2) is 24.3 Å². The minimum absolute atomic E-state index is 0.250. The van der Waals surface area contributed by atoms with Gasteiger partial charge in [0.05, 0.1) is 6.54 Å². The number of carbonyl (C=O) groups excluding carboxylic acids is 3. The minimum Gasteiger partial charge on any atom is -0.482 e. The Morgan fingerprint density at radius 1 is 1.28 bits per heavy atom. The second kappa shape index (κ2) is 7.52. The third kappa shape index (κ3) is 4.93. The standard InChI is InChI=1S/C17H22N2O6/c1-11-4-6-13(7-5-11)24-10-14(21)25-9-12(20)8-19-15(22)17(2,3)18-16(19)23/h4-7,12,20H,8-10H2,1-3H3,(H,18,23). The monoisotopic (exact) mass is 350 g/mol. The summed E-state index contributed by atoms with van der Waals surface area (Å²) in [5, 5.41) is 12.4. The number of aliphatic hydroxyl groups excluding tert-OH is 1. The Morgan fingerprint density at radius 3 is 2.48 bits per heavy atom. The molecule has 1 heterocycles. The number of aryl methyl sites for hydroxylation is 1. The van der Waals surface area contributed by atoms with Crippen molar-refractivity contribution in [1.82, 2.24) is 10.2 Å². The number of ether oxygens (including phenoxy) is 2. The number of rotatable bonds is 7. The summed E-state index contributed by atoms with van der Waals surface area (Å²) in [5.74, 6) is -0.563. The Hall–Kier alpha value is -2.61. The Bertz CT molecular complexity index is 656. The quantitative estimate of drug-likeness (QED) is 0.551. The van der Waals surface area contributed by atoms with Crippen molar-refractivity contribution in [2.24, 2.45) is 0 Å². The SMILES string of the molecule is Cc1ccc(OCC(=O)OCC(O)CN2C(=O)NC(C)(C)C2=O)cc1. The lowest BCUT2D eigenvalue weighted by molar-refractivity contribution is -0.149. The van der Waals surface area contributed by atoms with Crippen LogP contribution in [0.5, 0.6) is 5.75 Å². The number of carbonyl (C=O) groups is 3. The van der Waals surface area contributed by atoms with E-state index in [-0.39, 0.29) is 19.8 Å². The normalized spacial score (nSPS) is 17.2. The number of hydrogen-bond donors (Lipinski definition) is 2. The lowest BCUT2D eigenvalue weighted by Gasteiger charge is -2.19. The molecular weight excluding hydrogens is 328 g/mol. The zero-order valence-electron chi connectivity index (χ0n) is 14.4. The van der Waals surface area contributed by atoms with E-state index < -0.39 is 29.6 Å². The molecule has 1 aliphatic rings. The van der Waals surface area contributed by atoms with Gasteiger partial charge in [0.2, 0.25) is 0 Å². The molecule has 1 unspecified atom stereocenters. The molecule has 1 fully saturated rings. The first-order valence-electron chi connectivity index (χ1n) is 7.86. The number of esters is 1. The molecule has 1 aromatic carbocycles. The molecule has 1 aromatic rings. The van der Waals surface area contributed by atoms with Crippen LogP contribution in [0.3, 0.4) is 0 Å². The zero-order chi connectivity index (χ0) is 18.6. The fourth-order valence-corrected chi connectivity index (χ4v) is 2.25. The molecule has 0 spiro atoms. The minimum atomic E-state index is -1.17. The van der Waals surface area contributed by atoms with Gasteiger partial charge in [-0.2, -0.15) is 0 Å². The number of β-amino-alcohol motifs (C(OH)–C–C–N with tert-alkyl or cyclic N) is 1. The van der Waals surface area contributed by atoms with Crippen molar-refractivity contribution in [1.29, 1.82) is 0 Å². The van der Waals surface area contributed by atoms with Gasteiger partial charge < -0.3 is 19.9 Å². The van der Waals surface area contributed by atoms with Crippen molar-refractivity contribution in [3.8, 4) is 5.75 Å². The predicted molar refractivity (Wildman–Crippen MR) is 88.0 cm³/mol. The van der Waals surface area contributed by atoms with Gasteiger partial charge in [-0.3, -0.25) is 9.69 Å². The summed E-state index contributed by atoms with van der Waals surface area (Å²) in [6, 6.07) is 6.59. The van der Waals surface area contributed by atoms with Gasteiger partial charge >= 0.3 is 12.0 Å². The molecule has 8 nitrogen and oxygen atoms in total. The van der Waals surface area contributed by atoms with Gasteiger partial charge in [-0.05, 0) is 32.9 Å².